The van der Waals surface area contributed by atoms with E-state index in [1.165, 1.54) is 68.3 Å². The number of hydrogen-bond acceptors (Lipinski definition) is 6. The number of ether oxygens (including phenoxy) is 3. The summed E-state index contributed by atoms with van der Waals surface area (Å²) in [6.07, 6.45) is 11.2. The van der Waals surface area contributed by atoms with E-state index in [0.29, 0.717) is 25.7 Å². The van der Waals surface area contributed by atoms with Gasteiger partial charge in [0.05, 0.1) is 26.9 Å². The van der Waals surface area contributed by atoms with E-state index in [1.807, 2.05) is 24.3 Å². The topological polar surface area (TPSA) is 51.2 Å². The molecule has 2 atom stereocenters. The lowest BCUT2D eigenvalue weighted by atomic mass is 9.91. The Morgan fingerprint density at radius 1 is 1.00 bits per heavy atom. The molecule has 0 aliphatic carbocycles. The van der Waals surface area contributed by atoms with Gasteiger partial charge in [-0.15, -0.1) is 0 Å². The lowest BCUT2D eigenvalue weighted by molar-refractivity contribution is -0.109. The molecule has 2 aromatic rings. The number of likely N-dealkylation sites (tertiary alicyclic amines) is 1. The maximum Gasteiger partial charge on any atom is 0.161 e. The molecule has 2 aliphatic heterocycles. The van der Waals surface area contributed by atoms with E-state index in [9.17, 15) is 4.79 Å². The van der Waals surface area contributed by atoms with E-state index >= 15 is 0 Å². The first kappa shape index (κ1) is 32.1. The molecule has 0 bridgehead atoms. The van der Waals surface area contributed by atoms with Gasteiger partial charge in [0.1, 0.15) is 12.9 Å². The average molecular weight is 553 g/mol. The van der Waals surface area contributed by atoms with E-state index in [1.54, 1.807) is 7.11 Å². The van der Waals surface area contributed by atoms with E-state index in [4.69, 9.17) is 14.2 Å². The molecule has 1 saturated heterocycles. The fourth-order valence-electron chi connectivity index (χ4n) is 5.63. The van der Waals surface area contributed by atoms with E-state index in [-0.39, 0.29) is 6.04 Å². The number of methoxy groups -OCH3 is 1. The highest BCUT2D eigenvalue weighted by Crippen LogP contribution is 2.34. The molecule has 222 valence electrons. The van der Waals surface area contributed by atoms with Crippen LogP contribution in [0.3, 0.4) is 0 Å². The van der Waals surface area contributed by atoms with Crippen LogP contribution >= 0.6 is 0 Å². The number of nitrogens with zero attached hydrogens (tertiary/aromatic N) is 2. The Morgan fingerprint density at radius 2 is 1.77 bits per heavy atom. The molecule has 6 heteroatoms. The van der Waals surface area contributed by atoms with Crippen LogP contribution in [0.25, 0.3) is 0 Å². The van der Waals surface area contributed by atoms with Crippen LogP contribution in [0.15, 0.2) is 42.5 Å². The van der Waals surface area contributed by atoms with Gasteiger partial charge in [0.2, 0.25) is 0 Å². The third kappa shape index (κ3) is 10.2. The van der Waals surface area contributed by atoms with Crippen LogP contribution < -0.4 is 9.47 Å². The zero-order chi connectivity index (χ0) is 28.6. The summed E-state index contributed by atoms with van der Waals surface area (Å²) in [5, 5.41) is 0. The van der Waals surface area contributed by atoms with Crippen molar-refractivity contribution in [2.45, 2.75) is 83.8 Å². The number of carbonyl (C=O) groups excluding carboxylic acids is 1. The second-order valence-electron chi connectivity index (χ2n) is 11.2. The van der Waals surface area contributed by atoms with E-state index < -0.39 is 0 Å². The van der Waals surface area contributed by atoms with Crippen molar-refractivity contribution in [1.82, 2.24) is 9.80 Å². The molecule has 0 aromatic heterocycles. The Balaban J connectivity index is 0.000000312. The summed E-state index contributed by atoms with van der Waals surface area (Å²) in [7, 11) is 3.88. The van der Waals surface area contributed by atoms with Crippen LogP contribution in [0.2, 0.25) is 0 Å². The predicted octanol–water partition coefficient (Wildman–Crippen LogP) is 6.50. The molecule has 2 aliphatic rings. The van der Waals surface area contributed by atoms with Gasteiger partial charge in [0.15, 0.2) is 11.5 Å². The number of fused-ring (bicyclic) bond motifs is 1. The Bertz CT molecular complexity index is 998. The van der Waals surface area contributed by atoms with Gasteiger partial charge in [0.25, 0.3) is 0 Å². The van der Waals surface area contributed by atoms with Gasteiger partial charge in [0, 0.05) is 12.6 Å². The van der Waals surface area contributed by atoms with Crippen LogP contribution in [0.1, 0.15) is 81.4 Å². The fraction of sp³-hybridized carbons (Fsp3) is 0.618. The maximum absolute atomic E-state index is 11.2. The van der Waals surface area contributed by atoms with Crippen molar-refractivity contribution in [3.05, 3.63) is 59.2 Å². The minimum absolute atomic E-state index is 0.208. The molecule has 2 unspecified atom stereocenters. The quantitative estimate of drug-likeness (QED) is 0.186. The van der Waals surface area contributed by atoms with Crippen molar-refractivity contribution < 1.29 is 19.0 Å². The molecule has 0 N–H and O–H groups in total. The number of benzene rings is 2. The Morgan fingerprint density at radius 3 is 2.52 bits per heavy atom. The summed E-state index contributed by atoms with van der Waals surface area (Å²) < 4.78 is 17.0. The average Bonchev–Trinajstić information content (AvgIpc) is 3.40. The van der Waals surface area contributed by atoms with Crippen LogP contribution in [-0.4, -0.2) is 75.7 Å². The summed E-state index contributed by atoms with van der Waals surface area (Å²) in [5.74, 6) is 1.89. The summed E-state index contributed by atoms with van der Waals surface area (Å²) in [6.45, 7) is 10.5. The summed E-state index contributed by atoms with van der Waals surface area (Å²) in [5.41, 5.74) is 4.06. The summed E-state index contributed by atoms with van der Waals surface area (Å²) in [4.78, 5) is 15.9. The third-order valence-corrected chi connectivity index (χ3v) is 8.10. The molecule has 0 spiro atoms. The van der Waals surface area contributed by atoms with Gasteiger partial charge in [-0.2, -0.15) is 0 Å². The molecule has 40 heavy (non-hydrogen) atoms. The predicted molar refractivity (Wildman–Crippen MR) is 164 cm³/mol. The van der Waals surface area contributed by atoms with Crippen molar-refractivity contribution in [1.29, 1.82) is 0 Å². The lowest BCUT2D eigenvalue weighted by Crippen LogP contribution is -2.35. The Kier molecular flexibility index (Phi) is 14.5. The van der Waals surface area contributed by atoms with Gasteiger partial charge in [-0.3, -0.25) is 4.90 Å². The molecule has 1 fully saturated rings. The van der Waals surface area contributed by atoms with Crippen LogP contribution in [0.5, 0.6) is 11.5 Å². The van der Waals surface area contributed by atoms with Gasteiger partial charge in [-0.25, -0.2) is 0 Å². The number of rotatable bonds is 15. The van der Waals surface area contributed by atoms with Gasteiger partial charge in [-0.05, 0) is 80.6 Å². The second kappa shape index (κ2) is 18.1. The smallest absolute Gasteiger partial charge is 0.161 e. The molecule has 2 aromatic carbocycles. The minimum atomic E-state index is 0.208. The van der Waals surface area contributed by atoms with Gasteiger partial charge >= 0.3 is 0 Å². The number of aldehydes is 1. The first-order chi connectivity index (χ1) is 19.6. The Hall–Kier alpha value is -2.41. The minimum Gasteiger partial charge on any atom is -0.493 e. The SMILES string of the molecule is CCCCCCN(C)CCCC.COc1ccccc1OCC1CC(c2ccc3c(c2)CCOC3)CN1CC=O. The van der Waals surface area contributed by atoms with Gasteiger partial charge in [-0.1, -0.05) is 69.9 Å². The molecule has 2 heterocycles. The Labute approximate surface area is 243 Å². The van der Waals surface area contributed by atoms with E-state index in [2.05, 4.69) is 48.9 Å². The largest absolute Gasteiger partial charge is 0.493 e. The lowest BCUT2D eigenvalue weighted by Gasteiger charge is -2.22. The van der Waals surface area contributed by atoms with Crippen molar-refractivity contribution in [2.75, 3.05) is 53.6 Å². The van der Waals surface area contributed by atoms with Crippen LogP contribution in [0.4, 0.5) is 0 Å². The van der Waals surface area contributed by atoms with E-state index in [0.717, 1.165) is 43.8 Å². The number of para-hydroxylation sites is 2. The van der Waals surface area contributed by atoms with Crippen molar-refractivity contribution in [3.63, 3.8) is 0 Å². The third-order valence-electron chi connectivity index (χ3n) is 8.10. The van der Waals surface area contributed by atoms with Crippen molar-refractivity contribution in [3.8, 4) is 11.5 Å². The number of hydrogen-bond donors (Lipinski definition) is 0. The van der Waals surface area contributed by atoms with Crippen LogP contribution in [-0.2, 0) is 22.6 Å². The highest BCUT2D eigenvalue weighted by Gasteiger charge is 2.33. The molecule has 0 saturated carbocycles. The van der Waals surface area contributed by atoms with Gasteiger partial charge < -0.3 is 23.9 Å². The summed E-state index contributed by atoms with van der Waals surface area (Å²) >= 11 is 0. The molecule has 4 rings (SSSR count). The molecule has 0 radical (unpaired) electrons. The first-order valence-electron chi connectivity index (χ1n) is 15.4. The standard InChI is InChI=1S/C23H27NO4.C11H25N/c1-26-22-4-2-3-5-23(22)28-16-21-13-20(14-24(21)9-10-25)17-6-7-19-15-27-11-8-18(19)12-17;1-4-6-8-9-11-12(3)10-7-5-2/h2-7,10,12,20-21H,8-9,11,13-16H2,1H3;4-11H2,1-3H3. The maximum atomic E-state index is 11.2. The molecule has 0 amide bonds. The fourth-order valence-corrected chi connectivity index (χ4v) is 5.63. The highest BCUT2D eigenvalue weighted by atomic mass is 16.5. The van der Waals surface area contributed by atoms with Crippen LogP contribution in [0, 0.1) is 0 Å². The summed E-state index contributed by atoms with van der Waals surface area (Å²) in [6, 6.07) is 14.7. The number of unbranched alkanes of at least 4 members (excludes halogenated alkanes) is 4. The molecular weight excluding hydrogens is 500 g/mol. The first-order valence-corrected chi connectivity index (χ1v) is 15.4. The van der Waals surface area contributed by atoms with Crippen molar-refractivity contribution in [2.24, 2.45) is 0 Å². The second-order valence-corrected chi connectivity index (χ2v) is 11.2. The monoisotopic (exact) mass is 552 g/mol. The highest BCUT2D eigenvalue weighted by molar-refractivity contribution is 5.52. The molecule has 6 nitrogen and oxygen atoms in total. The zero-order valence-corrected chi connectivity index (χ0v) is 25.4. The molecular formula is C34H52N2O4. The normalized spacial score (nSPS) is 18.6. The zero-order valence-electron chi connectivity index (χ0n) is 25.4. The number of carbonyl (C=O) groups is 1. The van der Waals surface area contributed by atoms with Crippen molar-refractivity contribution >= 4 is 6.29 Å².